The second kappa shape index (κ2) is 12.0. The molecule has 0 radical (unpaired) electrons. The number of aromatic nitrogens is 3. The number of methoxy groups -OCH3 is 2. The zero-order valence-electron chi connectivity index (χ0n) is 22.2. The van der Waals surface area contributed by atoms with Crippen LogP contribution in [-0.4, -0.2) is 52.0 Å². The Balaban J connectivity index is 1.55. The zero-order chi connectivity index (χ0) is 27.2. The molecular formula is C30H33N5O4. The molecule has 0 bridgehead atoms. The lowest BCUT2D eigenvalue weighted by atomic mass is 10.0. The van der Waals surface area contributed by atoms with E-state index in [2.05, 4.69) is 15.6 Å². The maximum Gasteiger partial charge on any atom is 0.247 e. The number of hydrogen-bond donors (Lipinski definition) is 1. The molecule has 1 unspecified atom stereocenters. The van der Waals surface area contributed by atoms with Crippen molar-refractivity contribution < 1.29 is 19.1 Å². The van der Waals surface area contributed by atoms with Gasteiger partial charge in [0, 0.05) is 12.6 Å². The summed E-state index contributed by atoms with van der Waals surface area (Å²) in [4.78, 5) is 29.7. The molecule has 0 aliphatic heterocycles. The fraction of sp³-hybridized carbons (Fsp3) is 0.333. The third-order valence-corrected chi connectivity index (χ3v) is 7.18. The van der Waals surface area contributed by atoms with E-state index in [4.69, 9.17) is 9.47 Å². The molecule has 1 N–H and O–H groups in total. The summed E-state index contributed by atoms with van der Waals surface area (Å²) in [6, 6.07) is 21.6. The van der Waals surface area contributed by atoms with Crippen molar-refractivity contribution >= 4 is 22.8 Å². The van der Waals surface area contributed by atoms with Gasteiger partial charge in [0.2, 0.25) is 11.8 Å². The smallest absolute Gasteiger partial charge is 0.247 e. The summed E-state index contributed by atoms with van der Waals surface area (Å²) in [5.41, 5.74) is 2.96. The first-order valence-corrected chi connectivity index (χ1v) is 13.2. The number of carbonyl (C=O) groups excluding carboxylic acids is 2. The number of rotatable bonds is 10. The Morgan fingerprint density at radius 3 is 2.46 bits per heavy atom. The highest BCUT2D eigenvalue weighted by Gasteiger charge is 2.34. The van der Waals surface area contributed by atoms with E-state index in [1.54, 1.807) is 23.8 Å². The lowest BCUT2D eigenvalue weighted by molar-refractivity contribution is -0.142. The van der Waals surface area contributed by atoms with Crippen LogP contribution in [-0.2, 0) is 22.7 Å². The van der Waals surface area contributed by atoms with E-state index in [0.29, 0.717) is 22.6 Å². The second-order valence-corrected chi connectivity index (χ2v) is 9.78. The first-order valence-electron chi connectivity index (χ1n) is 13.2. The van der Waals surface area contributed by atoms with Crippen LogP contribution in [0.5, 0.6) is 11.5 Å². The monoisotopic (exact) mass is 527 g/mol. The Kier molecular flexibility index (Phi) is 8.05. The van der Waals surface area contributed by atoms with E-state index >= 15 is 0 Å². The van der Waals surface area contributed by atoms with Gasteiger partial charge in [0.1, 0.15) is 29.6 Å². The molecule has 9 heteroatoms. The van der Waals surface area contributed by atoms with E-state index in [9.17, 15) is 9.59 Å². The summed E-state index contributed by atoms with van der Waals surface area (Å²) >= 11 is 0. The lowest BCUT2D eigenvalue weighted by Crippen LogP contribution is -2.46. The molecule has 0 spiro atoms. The predicted molar refractivity (Wildman–Crippen MR) is 147 cm³/mol. The number of ether oxygens (including phenoxy) is 2. The van der Waals surface area contributed by atoms with Gasteiger partial charge >= 0.3 is 0 Å². The van der Waals surface area contributed by atoms with Crippen LogP contribution in [0, 0.1) is 0 Å². The van der Waals surface area contributed by atoms with Gasteiger partial charge in [0.25, 0.3) is 0 Å². The highest BCUT2D eigenvalue weighted by Crippen LogP contribution is 2.29. The first-order chi connectivity index (χ1) is 19.1. The number of fused-ring (bicyclic) bond motifs is 1. The molecule has 1 heterocycles. The van der Waals surface area contributed by atoms with Gasteiger partial charge in [0.15, 0.2) is 0 Å². The van der Waals surface area contributed by atoms with Gasteiger partial charge in [-0.15, -0.1) is 5.10 Å². The summed E-state index contributed by atoms with van der Waals surface area (Å²) in [6.45, 7) is 0.129. The molecule has 1 saturated carbocycles. The van der Waals surface area contributed by atoms with Crippen LogP contribution in [0.2, 0.25) is 0 Å². The number of amides is 2. The van der Waals surface area contributed by atoms with Crippen LogP contribution >= 0.6 is 0 Å². The van der Waals surface area contributed by atoms with Crippen molar-refractivity contribution in [2.24, 2.45) is 0 Å². The summed E-state index contributed by atoms with van der Waals surface area (Å²) in [5.74, 6) is 0.815. The van der Waals surface area contributed by atoms with Crippen molar-refractivity contribution in [2.75, 3.05) is 14.2 Å². The minimum atomic E-state index is -0.880. The molecule has 4 aromatic rings. The van der Waals surface area contributed by atoms with E-state index in [1.165, 1.54) is 0 Å². The lowest BCUT2D eigenvalue weighted by Gasteiger charge is -2.32. The average molecular weight is 528 g/mol. The number of carbonyl (C=O) groups is 2. The van der Waals surface area contributed by atoms with Gasteiger partial charge in [-0.2, -0.15) is 0 Å². The summed E-state index contributed by atoms with van der Waals surface area (Å²) < 4.78 is 12.5. The van der Waals surface area contributed by atoms with E-state index < -0.39 is 6.04 Å². The van der Waals surface area contributed by atoms with Crippen molar-refractivity contribution in [1.82, 2.24) is 25.2 Å². The van der Waals surface area contributed by atoms with E-state index in [1.807, 2.05) is 72.8 Å². The Bertz CT molecular complexity index is 1450. The number of nitrogens with zero attached hydrogens (tertiary/aromatic N) is 4. The average Bonchev–Trinajstić information content (AvgIpc) is 3.63. The topological polar surface area (TPSA) is 98.6 Å². The predicted octanol–water partition coefficient (Wildman–Crippen LogP) is 4.28. The third-order valence-electron chi connectivity index (χ3n) is 7.18. The third kappa shape index (κ3) is 6.03. The van der Waals surface area contributed by atoms with Gasteiger partial charge < -0.3 is 19.7 Å². The number of nitrogens with one attached hydrogen (secondary N) is 1. The summed E-state index contributed by atoms with van der Waals surface area (Å²) in [6.07, 6.45) is 4.04. The van der Waals surface area contributed by atoms with Crippen LogP contribution in [0.15, 0.2) is 72.8 Å². The Labute approximate surface area is 227 Å². The van der Waals surface area contributed by atoms with Gasteiger partial charge in [0.05, 0.1) is 19.7 Å². The molecule has 1 aliphatic carbocycles. The molecular weight excluding hydrogens is 494 g/mol. The quantitative estimate of drug-likeness (QED) is 0.331. The van der Waals surface area contributed by atoms with E-state index in [-0.39, 0.29) is 30.9 Å². The maximum absolute atomic E-state index is 14.1. The Hall–Kier alpha value is -4.40. The number of para-hydroxylation sites is 1. The van der Waals surface area contributed by atoms with Crippen LogP contribution in [0.25, 0.3) is 11.0 Å². The molecule has 3 aromatic carbocycles. The van der Waals surface area contributed by atoms with Crippen molar-refractivity contribution in [3.63, 3.8) is 0 Å². The van der Waals surface area contributed by atoms with Crippen molar-refractivity contribution in [2.45, 2.75) is 50.9 Å². The summed E-state index contributed by atoms with van der Waals surface area (Å²) in [5, 5.41) is 11.6. The largest absolute Gasteiger partial charge is 0.497 e. The highest BCUT2D eigenvalue weighted by molar-refractivity contribution is 5.89. The van der Waals surface area contributed by atoms with Crippen molar-refractivity contribution in [3.05, 3.63) is 83.9 Å². The zero-order valence-corrected chi connectivity index (χ0v) is 22.2. The number of hydrogen-bond acceptors (Lipinski definition) is 6. The Morgan fingerprint density at radius 2 is 1.69 bits per heavy atom. The minimum Gasteiger partial charge on any atom is -0.497 e. The van der Waals surface area contributed by atoms with Gasteiger partial charge in [-0.25, -0.2) is 4.68 Å². The first kappa shape index (κ1) is 26.2. The van der Waals surface area contributed by atoms with Crippen molar-refractivity contribution in [3.8, 4) is 11.5 Å². The summed E-state index contributed by atoms with van der Waals surface area (Å²) in [7, 11) is 3.19. The second-order valence-electron chi connectivity index (χ2n) is 9.78. The van der Waals surface area contributed by atoms with Crippen LogP contribution in [0.1, 0.15) is 42.9 Å². The molecule has 2 amide bonds. The molecule has 39 heavy (non-hydrogen) atoms. The molecule has 5 rings (SSSR count). The number of benzene rings is 3. The molecule has 1 aliphatic rings. The molecule has 9 nitrogen and oxygen atoms in total. The fourth-order valence-corrected chi connectivity index (χ4v) is 5.18. The minimum absolute atomic E-state index is 0.0678. The Morgan fingerprint density at radius 1 is 0.974 bits per heavy atom. The molecule has 1 aromatic heterocycles. The SMILES string of the molecule is COc1cccc(CN(C(=O)Cn2nnc3ccccc32)C(C(=O)NC2CCCC2)c2cccc(OC)c2)c1. The molecule has 0 saturated heterocycles. The highest BCUT2D eigenvalue weighted by atomic mass is 16.5. The maximum atomic E-state index is 14.1. The normalized spacial score (nSPS) is 14.2. The molecule has 1 fully saturated rings. The van der Waals surface area contributed by atoms with Crippen LogP contribution in [0.4, 0.5) is 0 Å². The fourth-order valence-electron chi connectivity index (χ4n) is 5.18. The molecule has 202 valence electrons. The molecule has 1 atom stereocenters. The van der Waals surface area contributed by atoms with Gasteiger partial charge in [-0.3, -0.25) is 9.59 Å². The standard InChI is InChI=1S/C30H33N5O4/c1-38-24-13-7-9-21(17-24)19-34(28(36)20-35-27-16-6-5-15-26(27)32-33-35)29(22-10-8-14-25(18-22)39-2)30(37)31-23-11-3-4-12-23/h5-10,13-18,23,29H,3-4,11-12,19-20H2,1-2H3,(H,31,37). The van der Waals surface area contributed by atoms with E-state index in [0.717, 1.165) is 36.8 Å². The van der Waals surface area contributed by atoms with Gasteiger partial charge in [-0.1, -0.05) is 54.5 Å². The van der Waals surface area contributed by atoms with Crippen LogP contribution in [0.3, 0.4) is 0 Å². The van der Waals surface area contributed by atoms with Crippen molar-refractivity contribution in [1.29, 1.82) is 0 Å². The van der Waals surface area contributed by atoms with Gasteiger partial charge in [-0.05, 0) is 60.4 Å². The van der Waals surface area contributed by atoms with Crippen LogP contribution < -0.4 is 14.8 Å².